The Morgan fingerprint density at radius 2 is 1.67 bits per heavy atom. The van der Waals surface area contributed by atoms with Crippen molar-refractivity contribution < 1.29 is 4.74 Å². The van der Waals surface area contributed by atoms with E-state index in [0.717, 1.165) is 17.7 Å². The molecule has 0 aliphatic heterocycles. The van der Waals surface area contributed by atoms with Crippen molar-refractivity contribution in [1.29, 1.82) is 0 Å². The number of rotatable bonds is 3. The first kappa shape index (κ1) is 20.1. The standard InChI is InChI=1S/C18H14N4O.2C2H6/c1-2-5-9-14(8-4-1)18-20-19-16-12-13-17(21-22(16)18)23-15-10-6-3-7-11-15;2*1-2/h1,3-13H,2H2;2*1-2H3. The Labute approximate surface area is 160 Å². The van der Waals surface area contributed by atoms with Gasteiger partial charge in [-0.3, -0.25) is 0 Å². The second kappa shape index (κ2) is 10.7. The summed E-state index contributed by atoms with van der Waals surface area (Å²) in [4.78, 5) is 0. The highest BCUT2D eigenvalue weighted by molar-refractivity contribution is 5.72. The Balaban J connectivity index is 0.000000614. The summed E-state index contributed by atoms with van der Waals surface area (Å²) in [5.74, 6) is 1.94. The summed E-state index contributed by atoms with van der Waals surface area (Å²) in [5, 5.41) is 12.9. The van der Waals surface area contributed by atoms with Crippen LogP contribution in [0.2, 0.25) is 0 Å². The van der Waals surface area contributed by atoms with Gasteiger partial charge in [-0.15, -0.1) is 15.3 Å². The molecule has 5 nitrogen and oxygen atoms in total. The molecule has 0 fully saturated rings. The van der Waals surface area contributed by atoms with E-state index in [0.29, 0.717) is 17.4 Å². The minimum atomic E-state index is 0.499. The van der Waals surface area contributed by atoms with Gasteiger partial charge < -0.3 is 4.74 Å². The molecular weight excluding hydrogens is 336 g/mol. The molecule has 0 atom stereocenters. The molecule has 1 aliphatic rings. The number of aromatic nitrogens is 4. The van der Waals surface area contributed by atoms with Gasteiger partial charge in [-0.25, -0.2) is 0 Å². The number of allylic oxidation sites excluding steroid dienone is 6. The maximum atomic E-state index is 5.78. The van der Waals surface area contributed by atoms with E-state index in [9.17, 15) is 0 Å². The Bertz CT molecular complexity index is 924. The van der Waals surface area contributed by atoms with Crippen molar-refractivity contribution in [3.05, 3.63) is 78.7 Å². The predicted octanol–water partition coefficient (Wildman–Crippen LogP) is 5.87. The summed E-state index contributed by atoms with van der Waals surface area (Å²) >= 11 is 0. The highest BCUT2D eigenvalue weighted by Gasteiger charge is 2.11. The average Bonchev–Trinajstić information content (AvgIpc) is 2.97. The van der Waals surface area contributed by atoms with E-state index in [4.69, 9.17) is 4.74 Å². The van der Waals surface area contributed by atoms with Gasteiger partial charge in [0.2, 0.25) is 5.88 Å². The van der Waals surface area contributed by atoms with Gasteiger partial charge in [-0.2, -0.15) is 4.52 Å². The fourth-order valence-electron chi connectivity index (χ4n) is 2.34. The van der Waals surface area contributed by atoms with Gasteiger partial charge in [0.1, 0.15) is 5.75 Å². The molecule has 0 spiro atoms. The summed E-state index contributed by atoms with van der Waals surface area (Å²) in [6.07, 6.45) is 11.1. The number of ether oxygens (including phenoxy) is 1. The van der Waals surface area contributed by atoms with Gasteiger partial charge in [0.05, 0.1) is 0 Å². The molecule has 0 radical (unpaired) electrons. The molecule has 5 heteroatoms. The Hall–Kier alpha value is -3.21. The second-order valence-corrected chi connectivity index (χ2v) is 5.07. The highest BCUT2D eigenvalue weighted by Crippen LogP contribution is 2.21. The van der Waals surface area contributed by atoms with E-state index in [-0.39, 0.29) is 0 Å². The van der Waals surface area contributed by atoms with Gasteiger partial charge in [0.25, 0.3) is 0 Å². The van der Waals surface area contributed by atoms with E-state index in [1.165, 1.54) is 0 Å². The molecule has 1 aromatic carbocycles. The van der Waals surface area contributed by atoms with Crippen molar-refractivity contribution in [2.24, 2.45) is 0 Å². The number of benzene rings is 1. The topological polar surface area (TPSA) is 52.3 Å². The average molecular weight is 362 g/mol. The van der Waals surface area contributed by atoms with Crippen molar-refractivity contribution >= 4 is 11.2 Å². The normalized spacial score (nSPS) is 12.2. The van der Waals surface area contributed by atoms with E-state index in [2.05, 4.69) is 27.4 Å². The Morgan fingerprint density at radius 3 is 2.44 bits per heavy atom. The van der Waals surface area contributed by atoms with Crippen LogP contribution in [0.3, 0.4) is 0 Å². The fourth-order valence-corrected chi connectivity index (χ4v) is 2.34. The first-order valence-corrected chi connectivity index (χ1v) is 9.39. The molecule has 0 N–H and O–H groups in total. The van der Waals surface area contributed by atoms with Gasteiger partial charge in [-0.05, 0) is 24.6 Å². The van der Waals surface area contributed by atoms with Crippen LogP contribution < -0.4 is 4.74 Å². The first-order chi connectivity index (χ1) is 13.4. The van der Waals surface area contributed by atoms with Crippen LogP contribution in [0.4, 0.5) is 0 Å². The number of fused-ring (bicyclic) bond motifs is 1. The number of hydrogen-bond donors (Lipinski definition) is 0. The first-order valence-electron chi connectivity index (χ1n) is 9.39. The zero-order valence-electron chi connectivity index (χ0n) is 16.3. The van der Waals surface area contributed by atoms with Crippen molar-refractivity contribution in [2.45, 2.75) is 34.1 Å². The smallest absolute Gasteiger partial charge is 0.237 e. The van der Waals surface area contributed by atoms with Gasteiger partial charge in [0, 0.05) is 11.6 Å². The third-order valence-electron chi connectivity index (χ3n) is 3.44. The molecule has 4 rings (SSSR count). The van der Waals surface area contributed by atoms with Crippen LogP contribution in [0.5, 0.6) is 11.6 Å². The summed E-state index contributed by atoms with van der Waals surface area (Å²) in [7, 11) is 0. The van der Waals surface area contributed by atoms with E-state index in [1.807, 2.05) is 82.3 Å². The molecule has 2 aromatic heterocycles. The van der Waals surface area contributed by atoms with Crippen LogP contribution in [-0.2, 0) is 0 Å². The fraction of sp³-hybridized carbons (Fsp3) is 0.227. The van der Waals surface area contributed by atoms with Gasteiger partial charge >= 0.3 is 0 Å². The van der Waals surface area contributed by atoms with Gasteiger partial charge in [0.15, 0.2) is 11.5 Å². The quantitative estimate of drug-likeness (QED) is 0.585. The molecule has 0 saturated carbocycles. The van der Waals surface area contributed by atoms with E-state index in [1.54, 1.807) is 10.6 Å². The summed E-state index contributed by atoms with van der Waals surface area (Å²) in [5.41, 5.74) is 1.65. The van der Waals surface area contributed by atoms with Crippen LogP contribution in [0, 0.1) is 0 Å². The highest BCUT2D eigenvalue weighted by atomic mass is 16.5. The molecule has 0 amide bonds. The lowest BCUT2D eigenvalue weighted by Crippen LogP contribution is -1.99. The number of nitrogens with zero attached hydrogens (tertiary/aromatic N) is 4. The lowest BCUT2D eigenvalue weighted by Gasteiger charge is -2.05. The molecule has 0 saturated heterocycles. The van der Waals surface area contributed by atoms with Crippen LogP contribution in [0.25, 0.3) is 11.2 Å². The van der Waals surface area contributed by atoms with Crippen LogP contribution >= 0.6 is 0 Å². The molecule has 140 valence electrons. The molecular formula is C22H26N4O. The van der Waals surface area contributed by atoms with Crippen LogP contribution in [-0.4, -0.2) is 19.8 Å². The second-order valence-electron chi connectivity index (χ2n) is 5.07. The zero-order chi connectivity index (χ0) is 19.5. The Morgan fingerprint density at radius 1 is 0.889 bits per heavy atom. The minimum Gasteiger partial charge on any atom is -0.438 e. The lowest BCUT2D eigenvalue weighted by atomic mass is 10.2. The zero-order valence-corrected chi connectivity index (χ0v) is 16.3. The summed E-state index contributed by atoms with van der Waals surface area (Å²) in [6.45, 7) is 8.00. The molecule has 27 heavy (non-hydrogen) atoms. The van der Waals surface area contributed by atoms with Gasteiger partial charge in [-0.1, -0.05) is 76.3 Å². The maximum Gasteiger partial charge on any atom is 0.237 e. The van der Waals surface area contributed by atoms with E-state index >= 15 is 0 Å². The summed E-state index contributed by atoms with van der Waals surface area (Å²) < 4.78 is 7.49. The monoisotopic (exact) mass is 362 g/mol. The Kier molecular flexibility index (Phi) is 7.97. The van der Waals surface area contributed by atoms with Crippen molar-refractivity contribution in [2.75, 3.05) is 0 Å². The van der Waals surface area contributed by atoms with Crippen molar-refractivity contribution in [3.63, 3.8) is 0 Å². The molecule has 0 bridgehead atoms. The minimum absolute atomic E-state index is 0.499. The molecule has 3 aromatic rings. The summed E-state index contributed by atoms with van der Waals surface area (Å²) in [6, 6.07) is 13.2. The third kappa shape index (κ3) is 5.14. The van der Waals surface area contributed by atoms with Crippen LogP contribution in [0.15, 0.2) is 72.8 Å². The third-order valence-corrected chi connectivity index (χ3v) is 3.44. The maximum absolute atomic E-state index is 5.78. The molecule has 2 heterocycles. The lowest BCUT2D eigenvalue weighted by molar-refractivity contribution is 0.452. The van der Waals surface area contributed by atoms with Crippen molar-refractivity contribution in [3.8, 4) is 11.6 Å². The predicted molar refractivity (Wildman–Crippen MR) is 111 cm³/mol. The SMILES string of the molecule is C1=CCC=CC(c2nnc3ccc(Oc4ccccc4)nn23)=C1.CC.CC. The molecule has 1 aliphatic carbocycles. The molecule has 0 unspecified atom stereocenters. The number of hydrogen-bond acceptors (Lipinski definition) is 4. The number of para-hydroxylation sites is 1. The largest absolute Gasteiger partial charge is 0.438 e. The van der Waals surface area contributed by atoms with Crippen molar-refractivity contribution in [1.82, 2.24) is 19.8 Å². The van der Waals surface area contributed by atoms with Crippen LogP contribution in [0.1, 0.15) is 39.9 Å². The van der Waals surface area contributed by atoms with E-state index < -0.39 is 0 Å².